The van der Waals surface area contributed by atoms with Crippen molar-refractivity contribution >= 4 is 38.1 Å². The van der Waals surface area contributed by atoms with E-state index in [-0.39, 0.29) is 21.8 Å². The largest absolute Gasteiger partial charge is 0.486 e. The quantitative estimate of drug-likeness (QED) is 0.765. The lowest BCUT2D eigenvalue weighted by Gasteiger charge is -2.18. The van der Waals surface area contributed by atoms with Crippen molar-refractivity contribution in [2.24, 2.45) is 0 Å². The molecular formula is C13H14N4O5S2. The minimum Gasteiger partial charge on any atom is -0.486 e. The lowest BCUT2D eigenvalue weighted by atomic mass is 10.3. The van der Waals surface area contributed by atoms with E-state index >= 15 is 0 Å². The predicted molar refractivity (Wildman–Crippen MR) is 87.1 cm³/mol. The number of ether oxygens (including phenoxy) is 2. The van der Waals surface area contributed by atoms with Crippen molar-refractivity contribution in [2.75, 3.05) is 23.3 Å². The van der Waals surface area contributed by atoms with Gasteiger partial charge in [0.05, 0.1) is 5.69 Å². The smallest absolute Gasteiger partial charge is 0.291 e. The van der Waals surface area contributed by atoms with Crippen LogP contribution in [0, 0.1) is 0 Å². The van der Waals surface area contributed by atoms with Crippen LogP contribution in [-0.2, 0) is 14.8 Å². The zero-order chi connectivity index (χ0) is 17.2. The van der Waals surface area contributed by atoms with E-state index in [4.69, 9.17) is 9.47 Å². The maximum absolute atomic E-state index is 12.4. The van der Waals surface area contributed by atoms with E-state index in [2.05, 4.69) is 20.2 Å². The first-order valence-corrected chi connectivity index (χ1v) is 9.34. The normalized spacial score (nSPS) is 13.4. The zero-order valence-corrected chi connectivity index (χ0v) is 14.2. The zero-order valence-electron chi connectivity index (χ0n) is 12.6. The molecule has 0 spiro atoms. The van der Waals surface area contributed by atoms with Gasteiger partial charge < -0.3 is 14.8 Å². The summed E-state index contributed by atoms with van der Waals surface area (Å²) in [4.78, 5) is 11.3. The van der Waals surface area contributed by atoms with E-state index < -0.39 is 10.0 Å². The van der Waals surface area contributed by atoms with Gasteiger partial charge in [-0.05, 0) is 12.1 Å². The Morgan fingerprint density at radius 2 is 2.00 bits per heavy atom. The molecule has 0 unspecified atom stereocenters. The summed E-state index contributed by atoms with van der Waals surface area (Å²) in [6.07, 6.45) is 0.261. The summed E-state index contributed by atoms with van der Waals surface area (Å²) >= 11 is 0.771. The van der Waals surface area contributed by atoms with Crippen LogP contribution in [-0.4, -0.2) is 37.7 Å². The van der Waals surface area contributed by atoms with Gasteiger partial charge in [0.1, 0.15) is 13.2 Å². The minimum atomic E-state index is -3.91. The van der Waals surface area contributed by atoms with Gasteiger partial charge in [-0.15, -0.1) is 10.2 Å². The Hall–Kier alpha value is -2.40. The molecule has 0 saturated carbocycles. The first kappa shape index (κ1) is 16.5. The van der Waals surface area contributed by atoms with Gasteiger partial charge in [0.25, 0.3) is 14.4 Å². The molecule has 0 bridgehead atoms. The summed E-state index contributed by atoms with van der Waals surface area (Å²) < 4.78 is 37.6. The predicted octanol–water partition coefficient (Wildman–Crippen LogP) is 1.46. The number of rotatable bonds is 5. The molecule has 1 amide bonds. The van der Waals surface area contributed by atoms with Gasteiger partial charge in [0, 0.05) is 12.5 Å². The van der Waals surface area contributed by atoms with Crippen molar-refractivity contribution in [3.05, 3.63) is 18.2 Å². The fourth-order valence-electron chi connectivity index (χ4n) is 1.88. The summed E-state index contributed by atoms with van der Waals surface area (Å²) in [6.45, 7) is 2.53. The molecule has 2 heterocycles. The summed E-state index contributed by atoms with van der Waals surface area (Å²) in [5, 5.41) is 9.86. The summed E-state index contributed by atoms with van der Waals surface area (Å²) in [5.41, 5.74) is 0.314. The highest BCUT2D eigenvalue weighted by Gasteiger charge is 2.22. The Morgan fingerprint density at radius 1 is 1.25 bits per heavy atom. The van der Waals surface area contributed by atoms with Crippen LogP contribution in [0.1, 0.15) is 13.3 Å². The summed E-state index contributed by atoms with van der Waals surface area (Å²) in [6, 6.07) is 4.72. The van der Waals surface area contributed by atoms with E-state index in [9.17, 15) is 13.2 Å². The van der Waals surface area contributed by atoms with E-state index in [1.165, 1.54) is 6.07 Å². The third kappa shape index (κ3) is 3.57. The average Bonchev–Trinajstić information content (AvgIpc) is 3.03. The van der Waals surface area contributed by atoms with Gasteiger partial charge in [0.2, 0.25) is 11.0 Å². The van der Waals surface area contributed by atoms with Crippen molar-refractivity contribution < 1.29 is 22.7 Å². The monoisotopic (exact) mass is 370 g/mol. The highest BCUT2D eigenvalue weighted by Crippen LogP contribution is 2.33. The van der Waals surface area contributed by atoms with Crippen LogP contribution >= 0.6 is 11.3 Å². The van der Waals surface area contributed by atoms with Crippen LogP contribution in [0.3, 0.4) is 0 Å². The van der Waals surface area contributed by atoms with Crippen LogP contribution in [0.25, 0.3) is 0 Å². The van der Waals surface area contributed by atoms with Crippen molar-refractivity contribution in [3.63, 3.8) is 0 Å². The molecule has 2 N–H and O–H groups in total. The molecule has 1 aliphatic rings. The number of hydrogen-bond acceptors (Lipinski definition) is 8. The number of benzene rings is 1. The van der Waals surface area contributed by atoms with E-state index in [1.807, 2.05) is 0 Å². The van der Waals surface area contributed by atoms with E-state index in [0.29, 0.717) is 30.4 Å². The average molecular weight is 370 g/mol. The number of hydrogen-bond donors (Lipinski definition) is 2. The summed E-state index contributed by atoms with van der Waals surface area (Å²) in [7, 11) is -3.91. The van der Waals surface area contributed by atoms with Crippen LogP contribution < -0.4 is 19.5 Å². The Bertz CT molecular complexity index is 865. The van der Waals surface area contributed by atoms with Crippen molar-refractivity contribution in [1.82, 2.24) is 10.2 Å². The molecule has 1 aliphatic heterocycles. The number of sulfonamides is 1. The van der Waals surface area contributed by atoms with Gasteiger partial charge in [-0.25, -0.2) is 0 Å². The van der Waals surface area contributed by atoms with Gasteiger partial charge in [-0.1, -0.05) is 18.3 Å². The van der Waals surface area contributed by atoms with Crippen LogP contribution in [0.4, 0.5) is 10.8 Å². The van der Waals surface area contributed by atoms with Gasteiger partial charge in [-0.2, -0.15) is 8.42 Å². The highest BCUT2D eigenvalue weighted by atomic mass is 32.2. The first-order valence-electron chi connectivity index (χ1n) is 7.04. The van der Waals surface area contributed by atoms with Gasteiger partial charge in [-0.3, -0.25) is 9.52 Å². The number of fused-ring (bicyclic) bond motifs is 1. The molecular weight excluding hydrogens is 356 g/mol. The lowest BCUT2D eigenvalue weighted by Crippen LogP contribution is -2.16. The fraction of sp³-hybridized carbons (Fsp3) is 0.308. The topological polar surface area (TPSA) is 120 Å². The van der Waals surface area contributed by atoms with Crippen molar-refractivity contribution in [1.29, 1.82) is 0 Å². The van der Waals surface area contributed by atoms with Gasteiger partial charge in [0.15, 0.2) is 11.5 Å². The van der Waals surface area contributed by atoms with Crippen LogP contribution in [0.2, 0.25) is 0 Å². The van der Waals surface area contributed by atoms with Crippen LogP contribution in [0.15, 0.2) is 22.5 Å². The lowest BCUT2D eigenvalue weighted by molar-refractivity contribution is -0.115. The number of carbonyl (C=O) groups excluding carboxylic acids is 1. The Morgan fingerprint density at radius 3 is 2.75 bits per heavy atom. The second-order valence-corrected chi connectivity index (χ2v) is 7.57. The molecule has 3 rings (SSSR count). The standard InChI is InChI=1S/C13H14N4O5S2/c1-2-11(18)14-12-15-16-13(23-12)24(19,20)17-8-3-4-9-10(7-8)22-6-5-21-9/h3-4,7,17H,2,5-6H2,1H3,(H,14,15,18). The SMILES string of the molecule is CCC(=O)Nc1nnc(S(=O)(=O)Nc2ccc3c(c2)OCCO3)s1. The number of nitrogens with one attached hydrogen (secondary N) is 2. The number of carbonyl (C=O) groups is 1. The Balaban J connectivity index is 1.77. The van der Waals surface area contributed by atoms with E-state index in [1.54, 1.807) is 19.1 Å². The molecule has 2 aromatic rings. The molecule has 11 heteroatoms. The number of nitrogens with zero attached hydrogens (tertiary/aromatic N) is 2. The van der Waals surface area contributed by atoms with Crippen LogP contribution in [0.5, 0.6) is 11.5 Å². The molecule has 1 aromatic carbocycles. The number of amides is 1. The molecule has 0 saturated heterocycles. The highest BCUT2D eigenvalue weighted by molar-refractivity contribution is 7.94. The molecule has 0 fully saturated rings. The third-order valence-electron chi connectivity index (χ3n) is 3.00. The Kier molecular flexibility index (Phi) is 4.53. The summed E-state index contributed by atoms with van der Waals surface area (Å²) in [5.74, 6) is 0.759. The minimum absolute atomic E-state index is 0.129. The third-order valence-corrected chi connectivity index (χ3v) is 5.59. The van der Waals surface area contributed by atoms with Gasteiger partial charge >= 0.3 is 0 Å². The second kappa shape index (κ2) is 6.61. The molecule has 0 radical (unpaired) electrons. The Labute approximate surface area is 142 Å². The molecule has 0 atom stereocenters. The molecule has 9 nitrogen and oxygen atoms in total. The number of anilines is 2. The second-order valence-electron chi connectivity index (χ2n) is 4.74. The van der Waals surface area contributed by atoms with Crippen molar-refractivity contribution in [2.45, 2.75) is 17.7 Å². The molecule has 24 heavy (non-hydrogen) atoms. The number of aromatic nitrogens is 2. The molecule has 128 valence electrons. The maximum atomic E-state index is 12.4. The fourth-order valence-corrected chi connectivity index (χ4v) is 3.85. The van der Waals surface area contributed by atoms with E-state index in [0.717, 1.165) is 11.3 Å². The first-order chi connectivity index (χ1) is 11.5. The molecule has 0 aliphatic carbocycles. The maximum Gasteiger partial charge on any atom is 0.291 e. The molecule has 1 aromatic heterocycles. The van der Waals surface area contributed by atoms with Crippen molar-refractivity contribution in [3.8, 4) is 11.5 Å².